The molecule has 1 unspecified atom stereocenters. The molecular weight excluding hydrogens is 206 g/mol. The van der Waals surface area contributed by atoms with E-state index in [1.165, 1.54) is 18.9 Å². The van der Waals surface area contributed by atoms with Gasteiger partial charge in [-0.2, -0.15) is 0 Å². The number of aromatic carboxylic acids is 1. The Morgan fingerprint density at radius 1 is 1.56 bits per heavy atom. The van der Waals surface area contributed by atoms with Crippen LogP contribution in [0.25, 0.3) is 0 Å². The number of anilines is 1. The SMILES string of the molecule is CCC1CCCN1c1ccc(C(=O)O)nn1. The van der Waals surface area contributed by atoms with Crippen molar-refractivity contribution in [3.05, 3.63) is 17.8 Å². The molecule has 0 aromatic carbocycles. The van der Waals surface area contributed by atoms with Crippen LogP contribution in [0.5, 0.6) is 0 Å². The van der Waals surface area contributed by atoms with Gasteiger partial charge in [0.25, 0.3) is 0 Å². The zero-order valence-electron chi connectivity index (χ0n) is 9.26. The summed E-state index contributed by atoms with van der Waals surface area (Å²) in [5.41, 5.74) is -0.00371. The summed E-state index contributed by atoms with van der Waals surface area (Å²) in [6, 6.07) is 3.77. The lowest BCUT2D eigenvalue weighted by Gasteiger charge is -2.23. The molecule has 16 heavy (non-hydrogen) atoms. The van der Waals surface area contributed by atoms with Crippen molar-refractivity contribution >= 4 is 11.8 Å². The number of aromatic nitrogens is 2. The van der Waals surface area contributed by atoms with Crippen LogP contribution in [-0.2, 0) is 0 Å². The first-order chi connectivity index (χ1) is 7.72. The normalized spacial score (nSPS) is 20.1. The van der Waals surface area contributed by atoms with Gasteiger partial charge in [-0.3, -0.25) is 0 Å². The highest BCUT2D eigenvalue weighted by molar-refractivity contribution is 5.85. The molecule has 0 saturated carbocycles. The van der Waals surface area contributed by atoms with Crippen molar-refractivity contribution in [3.63, 3.8) is 0 Å². The summed E-state index contributed by atoms with van der Waals surface area (Å²) < 4.78 is 0. The molecule has 1 saturated heterocycles. The van der Waals surface area contributed by atoms with Gasteiger partial charge in [0.1, 0.15) is 0 Å². The zero-order valence-corrected chi connectivity index (χ0v) is 9.26. The van der Waals surface area contributed by atoms with Crippen LogP contribution in [0.15, 0.2) is 12.1 Å². The molecule has 1 atom stereocenters. The molecule has 1 aromatic heterocycles. The monoisotopic (exact) mass is 221 g/mol. The molecule has 1 aliphatic rings. The molecule has 1 aromatic rings. The molecule has 1 aliphatic heterocycles. The van der Waals surface area contributed by atoms with E-state index in [9.17, 15) is 4.79 Å². The van der Waals surface area contributed by atoms with Crippen LogP contribution >= 0.6 is 0 Å². The van der Waals surface area contributed by atoms with E-state index in [4.69, 9.17) is 5.11 Å². The van der Waals surface area contributed by atoms with Gasteiger partial charge in [-0.15, -0.1) is 10.2 Å². The van der Waals surface area contributed by atoms with E-state index in [1.54, 1.807) is 6.07 Å². The van der Waals surface area contributed by atoms with Gasteiger partial charge in [0, 0.05) is 12.6 Å². The molecule has 0 spiro atoms. The minimum Gasteiger partial charge on any atom is -0.476 e. The van der Waals surface area contributed by atoms with Crippen LogP contribution < -0.4 is 4.90 Å². The molecule has 0 radical (unpaired) electrons. The van der Waals surface area contributed by atoms with Crippen molar-refractivity contribution in [3.8, 4) is 0 Å². The lowest BCUT2D eigenvalue weighted by atomic mass is 10.2. The number of rotatable bonds is 3. The van der Waals surface area contributed by atoms with E-state index in [0.717, 1.165) is 18.8 Å². The Hall–Kier alpha value is -1.65. The third-order valence-corrected chi connectivity index (χ3v) is 3.01. The molecule has 0 aliphatic carbocycles. The van der Waals surface area contributed by atoms with Crippen LogP contribution in [0.4, 0.5) is 5.82 Å². The molecule has 2 heterocycles. The maximum absolute atomic E-state index is 10.6. The van der Waals surface area contributed by atoms with Gasteiger partial charge in [-0.05, 0) is 31.4 Å². The van der Waals surface area contributed by atoms with E-state index in [-0.39, 0.29) is 5.69 Å². The summed E-state index contributed by atoms with van der Waals surface area (Å²) in [5.74, 6) is -0.248. The average Bonchev–Trinajstić information content (AvgIpc) is 2.77. The minimum absolute atomic E-state index is 0.00371. The number of hydrogen-bond donors (Lipinski definition) is 1. The summed E-state index contributed by atoms with van der Waals surface area (Å²) in [5, 5.41) is 16.4. The molecule has 1 fully saturated rings. The molecule has 0 amide bonds. The molecule has 2 rings (SSSR count). The lowest BCUT2D eigenvalue weighted by molar-refractivity contribution is 0.0689. The number of carboxylic acid groups (broad SMARTS) is 1. The summed E-state index contributed by atoms with van der Waals surface area (Å²) in [4.78, 5) is 12.8. The quantitative estimate of drug-likeness (QED) is 0.838. The van der Waals surface area contributed by atoms with Crippen LogP contribution in [0, 0.1) is 0 Å². The summed E-state index contributed by atoms with van der Waals surface area (Å²) in [7, 11) is 0. The molecule has 86 valence electrons. The second kappa shape index (κ2) is 4.47. The molecule has 5 nitrogen and oxygen atoms in total. The second-order valence-electron chi connectivity index (χ2n) is 3.98. The molecule has 0 bridgehead atoms. The predicted molar refractivity (Wildman–Crippen MR) is 59.7 cm³/mol. The Balaban J connectivity index is 2.18. The van der Waals surface area contributed by atoms with E-state index < -0.39 is 5.97 Å². The predicted octanol–water partition coefficient (Wildman–Crippen LogP) is 1.55. The van der Waals surface area contributed by atoms with Crippen LogP contribution in [0.2, 0.25) is 0 Å². The maximum atomic E-state index is 10.6. The average molecular weight is 221 g/mol. The van der Waals surface area contributed by atoms with Gasteiger partial charge in [0.05, 0.1) is 0 Å². The van der Waals surface area contributed by atoms with Crippen molar-refractivity contribution in [1.82, 2.24) is 10.2 Å². The van der Waals surface area contributed by atoms with Gasteiger partial charge in [0.15, 0.2) is 11.5 Å². The number of hydrogen-bond acceptors (Lipinski definition) is 4. The highest BCUT2D eigenvalue weighted by Gasteiger charge is 2.24. The topological polar surface area (TPSA) is 66.3 Å². The van der Waals surface area contributed by atoms with E-state index in [2.05, 4.69) is 22.0 Å². The Morgan fingerprint density at radius 3 is 2.94 bits per heavy atom. The van der Waals surface area contributed by atoms with Crippen molar-refractivity contribution in [2.75, 3.05) is 11.4 Å². The second-order valence-corrected chi connectivity index (χ2v) is 3.98. The van der Waals surface area contributed by atoms with Crippen molar-refractivity contribution in [2.24, 2.45) is 0 Å². The Labute approximate surface area is 94.1 Å². The van der Waals surface area contributed by atoms with Crippen LogP contribution in [0.3, 0.4) is 0 Å². The first kappa shape index (κ1) is 10.9. The van der Waals surface area contributed by atoms with Gasteiger partial charge < -0.3 is 10.0 Å². The number of carbonyl (C=O) groups is 1. The summed E-state index contributed by atoms with van der Waals surface area (Å²) in [6.07, 6.45) is 3.43. The Bertz CT molecular complexity index is 377. The Kier molecular flexibility index (Phi) is 3.03. The molecular formula is C11H15N3O2. The fourth-order valence-corrected chi connectivity index (χ4v) is 2.15. The third-order valence-electron chi connectivity index (χ3n) is 3.01. The summed E-state index contributed by atoms with van der Waals surface area (Å²) >= 11 is 0. The standard InChI is InChI=1S/C11H15N3O2/c1-2-8-4-3-7-14(8)10-6-5-9(11(15)16)12-13-10/h5-6,8H,2-4,7H2,1H3,(H,15,16). The smallest absolute Gasteiger partial charge is 0.356 e. The first-order valence-electron chi connectivity index (χ1n) is 5.56. The number of carboxylic acids is 1. The summed E-state index contributed by atoms with van der Waals surface area (Å²) in [6.45, 7) is 3.14. The van der Waals surface area contributed by atoms with Crippen LogP contribution in [-0.4, -0.2) is 33.9 Å². The van der Waals surface area contributed by atoms with Gasteiger partial charge in [0.2, 0.25) is 0 Å². The highest BCUT2D eigenvalue weighted by atomic mass is 16.4. The third kappa shape index (κ3) is 1.98. The van der Waals surface area contributed by atoms with E-state index >= 15 is 0 Å². The maximum Gasteiger partial charge on any atom is 0.356 e. The largest absolute Gasteiger partial charge is 0.476 e. The molecule has 1 N–H and O–H groups in total. The fraction of sp³-hybridized carbons (Fsp3) is 0.545. The first-order valence-corrected chi connectivity index (χ1v) is 5.56. The van der Waals surface area contributed by atoms with Crippen molar-refractivity contribution < 1.29 is 9.90 Å². The van der Waals surface area contributed by atoms with Crippen molar-refractivity contribution in [2.45, 2.75) is 32.2 Å². The van der Waals surface area contributed by atoms with E-state index in [1.807, 2.05) is 0 Å². The lowest BCUT2D eigenvalue weighted by Crippen LogP contribution is -2.29. The van der Waals surface area contributed by atoms with Gasteiger partial charge >= 0.3 is 5.97 Å². The van der Waals surface area contributed by atoms with Crippen LogP contribution in [0.1, 0.15) is 36.7 Å². The van der Waals surface area contributed by atoms with Gasteiger partial charge in [-0.1, -0.05) is 6.92 Å². The van der Waals surface area contributed by atoms with E-state index in [0.29, 0.717) is 6.04 Å². The zero-order chi connectivity index (χ0) is 11.5. The highest BCUT2D eigenvalue weighted by Crippen LogP contribution is 2.24. The molecule has 5 heteroatoms. The number of nitrogens with zero attached hydrogens (tertiary/aromatic N) is 3. The van der Waals surface area contributed by atoms with Gasteiger partial charge in [-0.25, -0.2) is 4.79 Å². The Morgan fingerprint density at radius 2 is 2.38 bits per heavy atom. The van der Waals surface area contributed by atoms with Crippen molar-refractivity contribution in [1.29, 1.82) is 0 Å². The fourth-order valence-electron chi connectivity index (χ4n) is 2.15. The minimum atomic E-state index is -1.03.